The van der Waals surface area contributed by atoms with Gasteiger partial charge in [-0.2, -0.15) is 0 Å². The zero-order valence-electron chi connectivity index (χ0n) is 9.89. The molecule has 2 aromatic rings. The van der Waals surface area contributed by atoms with Gasteiger partial charge in [0.15, 0.2) is 0 Å². The van der Waals surface area contributed by atoms with Gasteiger partial charge in [-0.25, -0.2) is 9.37 Å². The number of hydrogen-bond acceptors (Lipinski definition) is 2. The van der Waals surface area contributed by atoms with Crippen LogP contribution >= 0.6 is 31.9 Å². The molecule has 0 aliphatic carbocycles. The average Bonchev–Trinajstić information content (AvgIpc) is 2.31. The number of benzene rings is 1. The second-order valence-corrected chi connectivity index (χ2v) is 5.68. The highest BCUT2D eigenvalue weighted by Gasteiger charge is 2.06. The Morgan fingerprint density at radius 1 is 1.11 bits per heavy atom. The van der Waals surface area contributed by atoms with Gasteiger partial charge in [-0.3, -0.25) is 0 Å². The third kappa shape index (κ3) is 2.90. The quantitative estimate of drug-likeness (QED) is 0.791. The number of aromatic nitrogens is 1. The van der Waals surface area contributed by atoms with E-state index in [1.54, 1.807) is 6.07 Å². The molecule has 2 nitrogen and oxygen atoms in total. The summed E-state index contributed by atoms with van der Waals surface area (Å²) < 4.78 is 14.7. The second kappa shape index (κ2) is 5.36. The summed E-state index contributed by atoms with van der Waals surface area (Å²) >= 11 is 6.58. The van der Waals surface area contributed by atoms with Crippen molar-refractivity contribution in [3.63, 3.8) is 0 Å². The summed E-state index contributed by atoms with van der Waals surface area (Å²) in [5.74, 6) is 0.468. The topological polar surface area (TPSA) is 24.9 Å². The van der Waals surface area contributed by atoms with E-state index >= 15 is 0 Å². The number of nitrogens with zero attached hydrogens (tertiary/aromatic N) is 1. The fraction of sp³-hybridized carbons (Fsp3) is 0.154. The van der Waals surface area contributed by atoms with E-state index in [2.05, 4.69) is 42.2 Å². The number of pyridine rings is 1. The van der Waals surface area contributed by atoms with Crippen molar-refractivity contribution in [2.24, 2.45) is 0 Å². The molecule has 0 unspecified atom stereocenters. The monoisotopic (exact) mass is 372 g/mol. The zero-order valence-corrected chi connectivity index (χ0v) is 13.1. The molecule has 0 saturated carbocycles. The van der Waals surface area contributed by atoms with Crippen molar-refractivity contribution in [1.29, 1.82) is 0 Å². The minimum absolute atomic E-state index is 0.266. The Morgan fingerprint density at radius 2 is 1.83 bits per heavy atom. The highest BCUT2D eigenvalue weighted by atomic mass is 79.9. The van der Waals surface area contributed by atoms with Crippen molar-refractivity contribution in [1.82, 2.24) is 4.98 Å². The van der Waals surface area contributed by atoms with Gasteiger partial charge < -0.3 is 5.32 Å². The van der Waals surface area contributed by atoms with Crippen LogP contribution in [0.3, 0.4) is 0 Å². The summed E-state index contributed by atoms with van der Waals surface area (Å²) in [5, 5.41) is 3.18. The molecule has 1 aromatic heterocycles. The molecule has 5 heteroatoms. The van der Waals surface area contributed by atoms with E-state index in [0.29, 0.717) is 4.47 Å². The van der Waals surface area contributed by atoms with Gasteiger partial charge in [-0.1, -0.05) is 0 Å². The first-order valence-electron chi connectivity index (χ1n) is 5.33. The maximum Gasteiger partial charge on any atom is 0.137 e. The van der Waals surface area contributed by atoms with E-state index in [0.717, 1.165) is 27.2 Å². The molecule has 18 heavy (non-hydrogen) atoms. The van der Waals surface area contributed by atoms with Crippen LogP contribution < -0.4 is 5.32 Å². The number of halogens is 3. The fourth-order valence-electron chi connectivity index (χ4n) is 1.53. The van der Waals surface area contributed by atoms with Gasteiger partial charge in [-0.05, 0) is 75.5 Å². The molecular weight excluding hydrogens is 363 g/mol. The molecule has 0 atom stereocenters. The highest BCUT2D eigenvalue weighted by molar-refractivity contribution is 9.10. The van der Waals surface area contributed by atoms with Crippen molar-refractivity contribution in [2.75, 3.05) is 5.32 Å². The molecule has 94 valence electrons. The van der Waals surface area contributed by atoms with E-state index in [1.165, 1.54) is 6.07 Å². The van der Waals surface area contributed by atoms with Crippen LogP contribution in [0.1, 0.15) is 11.3 Å². The lowest BCUT2D eigenvalue weighted by atomic mass is 10.2. The lowest BCUT2D eigenvalue weighted by Gasteiger charge is -2.11. The Kier molecular flexibility index (Phi) is 4.02. The largest absolute Gasteiger partial charge is 0.340 e. The number of aryl methyl sites for hydroxylation is 2. The number of rotatable bonds is 2. The lowest BCUT2D eigenvalue weighted by Crippen LogP contribution is -1.98. The molecule has 0 saturated heterocycles. The molecule has 1 heterocycles. The van der Waals surface area contributed by atoms with E-state index in [-0.39, 0.29) is 5.82 Å². The lowest BCUT2D eigenvalue weighted by molar-refractivity contribution is 0.620. The van der Waals surface area contributed by atoms with Crippen LogP contribution in [0.15, 0.2) is 33.2 Å². The van der Waals surface area contributed by atoms with Gasteiger partial charge in [0.1, 0.15) is 11.6 Å². The van der Waals surface area contributed by atoms with Gasteiger partial charge in [0.05, 0.1) is 10.2 Å². The van der Waals surface area contributed by atoms with Crippen LogP contribution in [0.4, 0.5) is 15.9 Å². The molecule has 0 spiro atoms. The van der Waals surface area contributed by atoms with Crippen molar-refractivity contribution < 1.29 is 4.39 Å². The molecule has 0 aliphatic heterocycles. The van der Waals surface area contributed by atoms with Crippen molar-refractivity contribution in [3.8, 4) is 0 Å². The molecular formula is C13H11Br2FN2. The van der Waals surface area contributed by atoms with Crippen LogP contribution in [0, 0.1) is 19.7 Å². The average molecular weight is 374 g/mol. The maximum atomic E-state index is 13.3. The van der Waals surface area contributed by atoms with Gasteiger partial charge in [-0.15, -0.1) is 0 Å². The van der Waals surface area contributed by atoms with Crippen molar-refractivity contribution in [2.45, 2.75) is 13.8 Å². The minimum atomic E-state index is -0.266. The second-order valence-electron chi connectivity index (χ2n) is 3.97. The summed E-state index contributed by atoms with van der Waals surface area (Å²) in [6, 6.07) is 6.99. The fourth-order valence-corrected chi connectivity index (χ4v) is 2.10. The molecule has 2 rings (SSSR count). The molecule has 1 aromatic carbocycles. The third-order valence-corrected chi connectivity index (χ3v) is 4.00. The van der Waals surface area contributed by atoms with E-state index in [4.69, 9.17) is 0 Å². The standard InChI is InChI=1S/C13H11Br2FN2/c1-7-5-11(16)10(15)6-12(7)18-13-4-3-9(14)8(2)17-13/h3-6H,1-2H3,(H,17,18). The number of hydrogen-bond donors (Lipinski definition) is 1. The van der Waals surface area contributed by atoms with Crippen LogP contribution in [0.2, 0.25) is 0 Å². The summed E-state index contributed by atoms with van der Waals surface area (Å²) in [6.07, 6.45) is 0. The molecule has 0 aliphatic rings. The minimum Gasteiger partial charge on any atom is -0.340 e. The first-order chi connectivity index (χ1) is 8.47. The Hall–Kier alpha value is -0.940. The Morgan fingerprint density at radius 3 is 2.50 bits per heavy atom. The normalized spacial score (nSPS) is 10.5. The van der Waals surface area contributed by atoms with Crippen LogP contribution in [-0.2, 0) is 0 Å². The van der Waals surface area contributed by atoms with Crippen LogP contribution in [-0.4, -0.2) is 4.98 Å². The van der Waals surface area contributed by atoms with Crippen LogP contribution in [0.25, 0.3) is 0 Å². The van der Waals surface area contributed by atoms with E-state index in [9.17, 15) is 4.39 Å². The highest BCUT2D eigenvalue weighted by Crippen LogP contribution is 2.27. The third-order valence-electron chi connectivity index (χ3n) is 2.55. The Labute approximate surface area is 122 Å². The predicted octanol–water partition coefficient (Wildman–Crippen LogP) is 5.11. The van der Waals surface area contributed by atoms with Gasteiger partial charge in [0, 0.05) is 10.2 Å². The SMILES string of the molecule is Cc1cc(F)c(Br)cc1Nc1ccc(Br)c(C)n1. The Balaban J connectivity index is 2.34. The van der Waals surface area contributed by atoms with E-state index in [1.807, 2.05) is 26.0 Å². The predicted molar refractivity (Wildman–Crippen MR) is 78.8 cm³/mol. The smallest absolute Gasteiger partial charge is 0.137 e. The summed E-state index contributed by atoms with van der Waals surface area (Å²) in [5.41, 5.74) is 2.56. The van der Waals surface area contributed by atoms with Crippen molar-refractivity contribution >= 4 is 43.4 Å². The summed E-state index contributed by atoms with van der Waals surface area (Å²) in [4.78, 5) is 4.39. The number of nitrogens with one attached hydrogen (secondary N) is 1. The molecule has 1 N–H and O–H groups in total. The molecule has 0 fully saturated rings. The Bertz CT molecular complexity index is 600. The first-order valence-corrected chi connectivity index (χ1v) is 6.92. The van der Waals surface area contributed by atoms with Crippen LogP contribution in [0.5, 0.6) is 0 Å². The maximum absolute atomic E-state index is 13.3. The first kappa shape index (κ1) is 13.5. The summed E-state index contributed by atoms with van der Waals surface area (Å²) in [6.45, 7) is 3.77. The van der Waals surface area contributed by atoms with Gasteiger partial charge in [0.2, 0.25) is 0 Å². The molecule has 0 amide bonds. The number of anilines is 2. The van der Waals surface area contributed by atoms with Gasteiger partial charge >= 0.3 is 0 Å². The molecule has 0 bridgehead atoms. The van der Waals surface area contributed by atoms with E-state index < -0.39 is 0 Å². The zero-order chi connectivity index (χ0) is 13.3. The van der Waals surface area contributed by atoms with Crippen molar-refractivity contribution in [3.05, 3.63) is 50.3 Å². The van der Waals surface area contributed by atoms with Gasteiger partial charge in [0.25, 0.3) is 0 Å². The summed E-state index contributed by atoms with van der Waals surface area (Å²) in [7, 11) is 0. The molecule has 0 radical (unpaired) electrons.